The third-order valence-corrected chi connectivity index (χ3v) is 4.53. The molecule has 0 fully saturated rings. The van der Waals surface area contributed by atoms with Gasteiger partial charge >= 0.3 is 0 Å². The lowest BCUT2D eigenvalue weighted by Gasteiger charge is -2.26. The second-order valence-corrected chi connectivity index (χ2v) is 7.37. The van der Waals surface area contributed by atoms with Crippen molar-refractivity contribution in [2.24, 2.45) is 0 Å². The molecular formula is C17H25N3S. The summed E-state index contributed by atoms with van der Waals surface area (Å²) in [4.78, 5) is 8.36. The largest absolute Gasteiger partial charge is 0.352 e. The van der Waals surface area contributed by atoms with E-state index in [1.165, 1.54) is 4.88 Å². The number of aromatic nitrogens is 1. The first kappa shape index (κ1) is 16.0. The van der Waals surface area contributed by atoms with Crippen molar-refractivity contribution in [2.75, 3.05) is 11.9 Å². The highest BCUT2D eigenvalue weighted by molar-refractivity contribution is 7.10. The van der Waals surface area contributed by atoms with Crippen LogP contribution in [0.5, 0.6) is 0 Å². The van der Waals surface area contributed by atoms with Gasteiger partial charge in [0.15, 0.2) is 0 Å². The predicted octanol–water partition coefficient (Wildman–Crippen LogP) is 4.23. The third kappa shape index (κ3) is 4.55. The van der Waals surface area contributed by atoms with Crippen molar-refractivity contribution in [3.8, 4) is 0 Å². The van der Waals surface area contributed by atoms with Gasteiger partial charge in [0, 0.05) is 24.0 Å². The number of nitrogens with zero attached hydrogens (tertiary/aromatic N) is 2. The van der Waals surface area contributed by atoms with Crippen LogP contribution in [-0.4, -0.2) is 17.6 Å². The molecule has 0 amide bonds. The Morgan fingerprint density at radius 2 is 2.00 bits per heavy atom. The fourth-order valence-corrected chi connectivity index (χ4v) is 2.86. The lowest BCUT2D eigenvalue weighted by molar-refractivity contribution is 0.421. The van der Waals surface area contributed by atoms with Crippen LogP contribution >= 0.6 is 11.3 Å². The summed E-state index contributed by atoms with van der Waals surface area (Å²) in [6.45, 7) is 9.51. The zero-order valence-corrected chi connectivity index (χ0v) is 14.4. The van der Waals surface area contributed by atoms with Crippen molar-refractivity contribution in [3.63, 3.8) is 0 Å². The van der Waals surface area contributed by atoms with Crippen molar-refractivity contribution in [1.82, 2.24) is 10.3 Å². The van der Waals surface area contributed by atoms with Gasteiger partial charge in [0.25, 0.3) is 0 Å². The normalized spacial score (nSPS) is 13.2. The molecular weight excluding hydrogens is 278 g/mol. The zero-order chi connectivity index (χ0) is 15.5. The lowest BCUT2D eigenvalue weighted by atomic mass is 10.1. The summed E-state index contributed by atoms with van der Waals surface area (Å²) in [5.41, 5.74) is 1.18. The molecule has 2 aromatic heterocycles. The molecule has 0 saturated heterocycles. The van der Waals surface area contributed by atoms with Gasteiger partial charge in [-0.1, -0.05) is 12.1 Å². The minimum absolute atomic E-state index is 0.105. The van der Waals surface area contributed by atoms with E-state index in [1.54, 1.807) is 11.3 Å². The molecule has 21 heavy (non-hydrogen) atoms. The maximum absolute atomic E-state index is 4.77. The van der Waals surface area contributed by atoms with E-state index >= 15 is 0 Å². The minimum atomic E-state index is 0.105. The van der Waals surface area contributed by atoms with Gasteiger partial charge in [0.05, 0.1) is 11.7 Å². The summed E-state index contributed by atoms with van der Waals surface area (Å²) in [5, 5.41) is 5.60. The first-order valence-corrected chi connectivity index (χ1v) is 8.22. The SMILES string of the molecule is CC(c1cccs1)N(C)c1cccc(CNC(C)(C)C)n1. The van der Waals surface area contributed by atoms with Crippen LogP contribution < -0.4 is 10.2 Å². The summed E-state index contributed by atoms with van der Waals surface area (Å²) >= 11 is 1.79. The van der Waals surface area contributed by atoms with E-state index in [2.05, 4.69) is 80.7 Å². The van der Waals surface area contributed by atoms with Crippen molar-refractivity contribution < 1.29 is 0 Å². The van der Waals surface area contributed by atoms with Gasteiger partial charge in [-0.25, -0.2) is 4.98 Å². The summed E-state index contributed by atoms with van der Waals surface area (Å²) in [5.74, 6) is 1.02. The van der Waals surface area contributed by atoms with Crippen molar-refractivity contribution in [3.05, 3.63) is 46.3 Å². The van der Waals surface area contributed by atoms with Gasteiger partial charge in [0.2, 0.25) is 0 Å². The van der Waals surface area contributed by atoms with Crippen LogP contribution in [0.2, 0.25) is 0 Å². The molecule has 0 bridgehead atoms. The summed E-state index contributed by atoms with van der Waals surface area (Å²) in [7, 11) is 2.10. The first-order chi connectivity index (χ1) is 9.87. The number of hydrogen-bond donors (Lipinski definition) is 1. The van der Waals surface area contributed by atoms with Crippen molar-refractivity contribution in [1.29, 1.82) is 0 Å². The van der Waals surface area contributed by atoms with Gasteiger partial charge in [-0.05, 0) is 51.3 Å². The van der Waals surface area contributed by atoms with Gasteiger partial charge in [-0.3, -0.25) is 0 Å². The molecule has 0 aliphatic carbocycles. The van der Waals surface area contributed by atoms with Crippen LogP contribution in [0.3, 0.4) is 0 Å². The summed E-state index contributed by atoms with van der Waals surface area (Å²) in [6, 6.07) is 10.8. The smallest absolute Gasteiger partial charge is 0.129 e. The molecule has 0 spiro atoms. The van der Waals surface area contributed by atoms with Gasteiger partial charge in [-0.15, -0.1) is 11.3 Å². The predicted molar refractivity (Wildman–Crippen MR) is 92.0 cm³/mol. The fraction of sp³-hybridized carbons (Fsp3) is 0.471. The molecule has 3 nitrogen and oxygen atoms in total. The number of pyridine rings is 1. The second kappa shape index (κ2) is 6.58. The molecule has 0 radical (unpaired) electrons. The van der Waals surface area contributed by atoms with Crippen LogP contribution in [0.25, 0.3) is 0 Å². The summed E-state index contributed by atoms with van der Waals surface area (Å²) in [6.07, 6.45) is 0. The molecule has 0 aliphatic heterocycles. The minimum Gasteiger partial charge on any atom is -0.352 e. The quantitative estimate of drug-likeness (QED) is 0.896. The molecule has 0 saturated carbocycles. The van der Waals surface area contributed by atoms with E-state index in [9.17, 15) is 0 Å². The molecule has 1 atom stereocenters. The average Bonchev–Trinajstić information content (AvgIpc) is 2.97. The number of rotatable bonds is 5. The van der Waals surface area contributed by atoms with Crippen LogP contribution in [0.15, 0.2) is 35.7 Å². The molecule has 2 heterocycles. The van der Waals surface area contributed by atoms with E-state index in [1.807, 2.05) is 0 Å². The molecule has 4 heteroatoms. The molecule has 1 unspecified atom stereocenters. The first-order valence-electron chi connectivity index (χ1n) is 7.34. The average molecular weight is 303 g/mol. The van der Waals surface area contributed by atoms with E-state index < -0.39 is 0 Å². The lowest BCUT2D eigenvalue weighted by Crippen LogP contribution is -2.35. The maximum atomic E-state index is 4.77. The molecule has 114 valence electrons. The molecule has 0 aromatic carbocycles. The number of thiophene rings is 1. The number of nitrogens with one attached hydrogen (secondary N) is 1. The standard InChI is InChI=1S/C17H25N3S/c1-13(15-9-7-11-21-15)20(5)16-10-6-8-14(19-16)12-18-17(2,3)4/h6-11,13,18H,12H2,1-5H3. The number of hydrogen-bond acceptors (Lipinski definition) is 4. The van der Waals surface area contributed by atoms with E-state index in [0.717, 1.165) is 18.1 Å². The third-order valence-electron chi connectivity index (χ3n) is 3.49. The Morgan fingerprint density at radius 3 is 2.62 bits per heavy atom. The highest BCUT2D eigenvalue weighted by Crippen LogP contribution is 2.27. The van der Waals surface area contributed by atoms with Crippen molar-refractivity contribution >= 4 is 17.2 Å². The van der Waals surface area contributed by atoms with Crippen LogP contribution in [0.4, 0.5) is 5.82 Å². The molecule has 2 aromatic rings. The monoisotopic (exact) mass is 303 g/mol. The zero-order valence-electron chi connectivity index (χ0n) is 13.6. The summed E-state index contributed by atoms with van der Waals surface area (Å²) < 4.78 is 0. The molecule has 0 aliphatic rings. The Labute approximate surface area is 132 Å². The van der Waals surface area contributed by atoms with E-state index in [4.69, 9.17) is 4.98 Å². The Bertz CT molecular complexity index is 558. The Morgan fingerprint density at radius 1 is 1.24 bits per heavy atom. The van der Waals surface area contributed by atoms with Gasteiger partial charge < -0.3 is 10.2 Å². The molecule has 1 N–H and O–H groups in total. The van der Waals surface area contributed by atoms with E-state index in [0.29, 0.717) is 6.04 Å². The number of anilines is 1. The fourth-order valence-electron chi connectivity index (χ4n) is 2.04. The second-order valence-electron chi connectivity index (χ2n) is 6.39. The van der Waals surface area contributed by atoms with Crippen LogP contribution in [-0.2, 0) is 6.54 Å². The Hall–Kier alpha value is -1.39. The highest BCUT2D eigenvalue weighted by atomic mass is 32.1. The Kier molecular flexibility index (Phi) is 5.01. The van der Waals surface area contributed by atoms with Gasteiger partial charge in [0.1, 0.15) is 5.82 Å². The highest BCUT2D eigenvalue weighted by Gasteiger charge is 2.15. The Balaban J connectivity index is 2.09. The van der Waals surface area contributed by atoms with Crippen molar-refractivity contribution in [2.45, 2.75) is 45.8 Å². The van der Waals surface area contributed by atoms with Gasteiger partial charge in [-0.2, -0.15) is 0 Å². The van der Waals surface area contributed by atoms with Crippen LogP contribution in [0.1, 0.15) is 44.3 Å². The molecule has 2 rings (SSSR count). The van der Waals surface area contributed by atoms with E-state index in [-0.39, 0.29) is 5.54 Å². The maximum Gasteiger partial charge on any atom is 0.129 e. The topological polar surface area (TPSA) is 28.2 Å². The van der Waals surface area contributed by atoms with Crippen LogP contribution in [0, 0.1) is 0 Å².